The van der Waals surface area contributed by atoms with Gasteiger partial charge in [-0.15, -0.1) is 11.3 Å². The van der Waals surface area contributed by atoms with E-state index in [1.54, 1.807) is 11.6 Å². The summed E-state index contributed by atoms with van der Waals surface area (Å²) in [6, 6.07) is 7.56. The number of Topliss-reactive ketones (excluding diaryl/α,β-unsaturated/α-hetero) is 1. The highest BCUT2D eigenvalue weighted by molar-refractivity contribution is 7.12. The topological polar surface area (TPSA) is 92.3 Å². The average molecular weight is 358 g/mol. The number of hydrogen-bond donors (Lipinski definition) is 2. The summed E-state index contributed by atoms with van der Waals surface area (Å²) in [5.74, 6) is -0.297. The van der Waals surface area contributed by atoms with Crippen molar-refractivity contribution in [2.45, 2.75) is 12.8 Å². The molecule has 1 aromatic carbocycles. The van der Waals surface area contributed by atoms with E-state index in [1.165, 1.54) is 11.3 Å². The molecule has 2 N–H and O–H groups in total. The van der Waals surface area contributed by atoms with E-state index in [2.05, 4.69) is 9.97 Å². The number of thiazole rings is 1. The van der Waals surface area contributed by atoms with Crippen LogP contribution in [0.25, 0.3) is 10.9 Å². The first-order valence-electron chi connectivity index (χ1n) is 7.99. The van der Waals surface area contributed by atoms with Crippen molar-refractivity contribution in [1.82, 2.24) is 9.97 Å². The van der Waals surface area contributed by atoms with Crippen LogP contribution in [0.5, 0.6) is 0 Å². The second kappa shape index (κ2) is 8.15. The summed E-state index contributed by atoms with van der Waals surface area (Å²) in [5.41, 5.74) is 1.76. The van der Waals surface area contributed by atoms with Crippen LogP contribution in [0.3, 0.4) is 0 Å². The van der Waals surface area contributed by atoms with Gasteiger partial charge in [-0.05, 0) is 12.5 Å². The summed E-state index contributed by atoms with van der Waals surface area (Å²) in [7, 11) is 0. The number of aliphatic hydroxyl groups excluding tert-OH is 1. The van der Waals surface area contributed by atoms with Crippen LogP contribution in [-0.2, 0) is 4.74 Å². The van der Waals surface area contributed by atoms with Crippen molar-refractivity contribution in [3.05, 3.63) is 52.1 Å². The molecule has 2 aromatic heterocycles. The van der Waals surface area contributed by atoms with E-state index in [9.17, 15) is 9.59 Å². The van der Waals surface area contributed by atoms with E-state index in [1.807, 2.05) is 24.3 Å². The molecule has 0 saturated heterocycles. The lowest BCUT2D eigenvalue weighted by molar-refractivity contribution is 0.0830. The van der Waals surface area contributed by atoms with Gasteiger partial charge in [-0.1, -0.05) is 18.2 Å². The second-order valence-corrected chi connectivity index (χ2v) is 6.34. The quantitative estimate of drug-likeness (QED) is 0.453. The molecule has 0 aliphatic rings. The fraction of sp³-hybridized carbons (Fsp3) is 0.278. The molecule has 0 radical (unpaired) electrons. The maximum Gasteiger partial charge on any atom is 0.223 e. The van der Waals surface area contributed by atoms with Crippen molar-refractivity contribution in [1.29, 1.82) is 0 Å². The third-order valence-electron chi connectivity index (χ3n) is 3.75. The van der Waals surface area contributed by atoms with Gasteiger partial charge in [-0.2, -0.15) is 0 Å². The molecule has 2 heterocycles. The maximum absolute atomic E-state index is 12.7. The normalized spacial score (nSPS) is 11.1. The summed E-state index contributed by atoms with van der Waals surface area (Å²) in [5, 5.41) is 11.4. The van der Waals surface area contributed by atoms with Gasteiger partial charge in [0.2, 0.25) is 5.78 Å². The van der Waals surface area contributed by atoms with Gasteiger partial charge in [-0.3, -0.25) is 9.59 Å². The van der Waals surface area contributed by atoms with E-state index in [0.29, 0.717) is 35.7 Å². The molecule has 25 heavy (non-hydrogen) atoms. The van der Waals surface area contributed by atoms with Crippen LogP contribution in [0.15, 0.2) is 35.8 Å². The Hall–Kier alpha value is -2.35. The number of para-hydroxylation sites is 1. The number of carbonyl (C=O) groups excluding carboxylic acids is 2. The lowest BCUT2D eigenvalue weighted by atomic mass is 10.1. The molecule has 0 aliphatic heterocycles. The number of aromatic amines is 1. The van der Waals surface area contributed by atoms with E-state index < -0.39 is 0 Å². The summed E-state index contributed by atoms with van der Waals surface area (Å²) >= 11 is 1.18. The molecule has 0 spiro atoms. The highest BCUT2D eigenvalue weighted by atomic mass is 32.1. The molecule has 0 amide bonds. The van der Waals surface area contributed by atoms with Crippen molar-refractivity contribution in [3.63, 3.8) is 0 Å². The standard InChI is InChI=1S/C18H18N2O4S/c21-7-9-24-8-3-6-16(22)15-11-25-18(20-15)17(23)13-10-19-14-5-2-1-4-12(13)14/h1-2,4-5,10-11,19,21H,3,6-9H2. The predicted octanol–water partition coefficient (Wildman–Crippen LogP) is 2.83. The molecule has 0 bridgehead atoms. The number of rotatable bonds is 9. The van der Waals surface area contributed by atoms with E-state index in [-0.39, 0.29) is 24.8 Å². The smallest absolute Gasteiger partial charge is 0.223 e. The van der Waals surface area contributed by atoms with Crippen LogP contribution in [0.1, 0.15) is 38.7 Å². The number of H-pyrrole nitrogens is 1. The third kappa shape index (κ3) is 4.01. The lowest BCUT2D eigenvalue weighted by Gasteiger charge is -2.00. The zero-order valence-electron chi connectivity index (χ0n) is 13.5. The Morgan fingerprint density at radius 1 is 1.24 bits per heavy atom. The number of nitrogens with zero attached hydrogens (tertiary/aromatic N) is 1. The molecule has 7 heteroatoms. The van der Waals surface area contributed by atoms with Crippen molar-refractivity contribution in [3.8, 4) is 0 Å². The number of carbonyl (C=O) groups is 2. The minimum atomic E-state index is -0.187. The number of fused-ring (bicyclic) bond motifs is 1. The fourth-order valence-electron chi connectivity index (χ4n) is 2.51. The average Bonchev–Trinajstić information content (AvgIpc) is 3.28. The predicted molar refractivity (Wildman–Crippen MR) is 95.3 cm³/mol. The van der Waals surface area contributed by atoms with Crippen LogP contribution in [0.4, 0.5) is 0 Å². The summed E-state index contributed by atoms with van der Waals surface area (Å²) < 4.78 is 5.12. The number of ether oxygens (including phenoxy) is 1. The summed E-state index contributed by atoms with van der Waals surface area (Å²) in [6.07, 6.45) is 2.53. The maximum atomic E-state index is 12.7. The zero-order chi connectivity index (χ0) is 17.6. The highest BCUT2D eigenvalue weighted by Gasteiger charge is 2.19. The zero-order valence-corrected chi connectivity index (χ0v) is 14.3. The van der Waals surface area contributed by atoms with Gasteiger partial charge in [0.25, 0.3) is 0 Å². The first-order chi connectivity index (χ1) is 12.2. The molecule has 0 unspecified atom stereocenters. The van der Waals surface area contributed by atoms with Crippen LogP contribution in [0, 0.1) is 0 Å². The molecule has 0 fully saturated rings. The minimum Gasteiger partial charge on any atom is -0.394 e. The number of aliphatic hydroxyl groups is 1. The first kappa shape index (κ1) is 17.5. The molecule has 3 aromatic rings. The Morgan fingerprint density at radius 3 is 2.92 bits per heavy atom. The van der Waals surface area contributed by atoms with Gasteiger partial charge in [0.1, 0.15) is 5.69 Å². The van der Waals surface area contributed by atoms with E-state index >= 15 is 0 Å². The van der Waals surface area contributed by atoms with Gasteiger partial charge in [-0.25, -0.2) is 4.98 Å². The van der Waals surface area contributed by atoms with Crippen molar-refractivity contribution >= 4 is 33.8 Å². The molecular weight excluding hydrogens is 340 g/mol. The Morgan fingerprint density at radius 2 is 2.08 bits per heavy atom. The number of benzene rings is 1. The molecule has 0 aliphatic carbocycles. The highest BCUT2D eigenvalue weighted by Crippen LogP contribution is 2.23. The third-order valence-corrected chi connectivity index (χ3v) is 4.59. The molecule has 3 rings (SSSR count). The number of ketones is 2. The molecule has 6 nitrogen and oxygen atoms in total. The Bertz CT molecular complexity index is 884. The monoisotopic (exact) mass is 358 g/mol. The largest absolute Gasteiger partial charge is 0.394 e. The molecular formula is C18H18N2O4S. The van der Waals surface area contributed by atoms with Gasteiger partial charge in [0.05, 0.1) is 18.8 Å². The van der Waals surface area contributed by atoms with Crippen LogP contribution in [-0.4, -0.2) is 46.5 Å². The first-order valence-corrected chi connectivity index (χ1v) is 8.87. The van der Waals surface area contributed by atoms with Crippen molar-refractivity contribution in [2.24, 2.45) is 0 Å². The number of hydrogen-bond acceptors (Lipinski definition) is 6. The van der Waals surface area contributed by atoms with Gasteiger partial charge < -0.3 is 14.8 Å². The Balaban J connectivity index is 1.66. The summed E-state index contributed by atoms with van der Waals surface area (Å²) in [6.45, 7) is 0.658. The van der Waals surface area contributed by atoms with Crippen LogP contribution in [0.2, 0.25) is 0 Å². The second-order valence-electron chi connectivity index (χ2n) is 5.48. The van der Waals surface area contributed by atoms with Gasteiger partial charge >= 0.3 is 0 Å². The molecule has 0 saturated carbocycles. The fourth-order valence-corrected chi connectivity index (χ4v) is 3.29. The van der Waals surface area contributed by atoms with Crippen LogP contribution < -0.4 is 0 Å². The molecule has 130 valence electrons. The number of aromatic nitrogens is 2. The molecule has 0 atom stereocenters. The lowest BCUT2D eigenvalue weighted by Crippen LogP contribution is -2.06. The SMILES string of the molecule is O=C(CCCOCCO)c1csc(C(=O)c2c[nH]c3ccccc23)n1. The summed E-state index contributed by atoms with van der Waals surface area (Å²) in [4.78, 5) is 32.1. The Kier molecular flexibility index (Phi) is 5.70. The van der Waals surface area contributed by atoms with Crippen LogP contribution >= 0.6 is 11.3 Å². The number of nitrogens with one attached hydrogen (secondary N) is 1. The Labute approximate surface area is 148 Å². The van der Waals surface area contributed by atoms with Gasteiger partial charge in [0, 0.05) is 35.5 Å². The van der Waals surface area contributed by atoms with Gasteiger partial charge in [0.15, 0.2) is 10.8 Å². The van der Waals surface area contributed by atoms with E-state index in [0.717, 1.165) is 10.9 Å². The minimum absolute atomic E-state index is 0.0284. The van der Waals surface area contributed by atoms with Crippen molar-refractivity contribution in [2.75, 3.05) is 19.8 Å². The van der Waals surface area contributed by atoms with E-state index in [4.69, 9.17) is 9.84 Å². The van der Waals surface area contributed by atoms with Crippen molar-refractivity contribution < 1.29 is 19.4 Å².